The zero-order chi connectivity index (χ0) is 9.90. The lowest BCUT2D eigenvalue weighted by Crippen LogP contribution is -2.48. The van der Waals surface area contributed by atoms with Crippen LogP contribution in [0.2, 0.25) is 0 Å². The molecule has 3 nitrogen and oxygen atoms in total. The van der Waals surface area contributed by atoms with Crippen LogP contribution < -0.4 is 5.73 Å². The van der Waals surface area contributed by atoms with Crippen molar-refractivity contribution in [3.05, 3.63) is 0 Å². The molecule has 1 unspecified atom stereocenters. The van der Waals surface area contributed by atoms with Crippen LogP contribution in [0.25, 0.3) is 0 Å². The average molecular weight is 194 g/mol. The smallest absolute Gasteiger partial charge is 0.260 e. The topological polar surface area (TPSA) is 49.5 Å². The number of rotatable bonds is 3. The van der Waals surface area contributed by atoms with Gasteiger partial charge in [0.25, 0.3) is 5.92 Å². The molecule has 1 aliphatic heterocycles. The maximum atomic E-state index is 12.9. The molecular formula is C8H16F2N2O. The van der Waals surface area contributed by atoms with E-state index in [1.165, 1.54) is 0 Å². The van der Waals surface area contributed by atoms with E-state index in [2.05, 4.69) is 0 Å². The molecule has 0 spiro atoms. The van der Waals surface area contributed by atoms with E-state index in [9.17, 15) is 8.78 Å². The molecule has 1 atom stereocenters. The minimum absolute atomic E-state index is 0.0299. The van der Waals surface area contributed by atoms with Crippen LogP contribution >= 0.6 is 0 Å². The fourth-order valence-electron chi connectivity index (χ4n) is 1.59. The number of piperidine rings is 1. The van der Waals surface area contributed by atoms with Crippen LogP contribution in [-0.4, -0.2) is 48.2 Å². The number of aliphatic hydroxyl groups excluding tert-OH is 1. The summed E-state index contributed by atoms with van der Waals surface area (Å²) in [6, 6.07) is -0.408. The first kappa shape index (κ1) is 10.8. The van der Waals surface area contributed by atoms with E-state index in [-0.39, 0.29) is 19.6 Å². The Labute approximate surface area is 76.5 Å². The Morgan fingerprint density at radius 3 is 2.77 bits per heavy atom. The van der Waals surface area contributed by atoms with Gasteiger partial charge in [-0.1, -0.05) is 0 Å². The lowest BCUT2D eigenvalue weighted by atomic mass is 10.1. The summed E-state index contributed by atoms with van der Waals surface area (Å²) < 4.78 is 25.7. The van der Waals surface area contributed by atoms with Crippen LogP contribution in [-0.2, 0) is 0 Å². The Bertz CT molecular complexity index is 166. The van der Waals surface area contributed by atoms with Crippen LogP contribution in [0.5, 0.6) is 0 Å². The van der Waals surface area contributed by atoms with E-state index < -0.39 is 12.0 Å². The van der Waals surface area contributed by atoms with Gasteiger partial charge in [-0.05, 0) is 13.0 Å². The van der Waals surface area contributed by atoms with E-state index >= 15 is 0 Å². The van der Waals surface area contributed by atoms with Crippen LogP contribution in [0, 0.1) is 0 Å². The highest BCUT2D eigenvalue weighted by Crippen LogP contribution is 2.26. The molecule has 0 bridgehead atoms. The summed E-state index contributed by atoms with van der Waals surface area (Å²) in [7, 11) is 0. The molecule has 0 aromatic carbocycles. The molecule has 1 fully saturated rings. The first-order valence-electron chi connectivity index (χ1n) is 4.50. The Balaban J connectivity index is 2.34. The van der Waals surface area contributed by atoms with E-state index in [4.69, 9.17) is 10.8 Å². The van der Waals surface area contributed by atoms with Crippen LogP contribution in [0.15, 0.2) is 0 Å². The standard InChI is InChI=1S/C8H16F2N2O/c9-8(10)2-1-3-12(6-8)4-7(11)5-13/h7,13H,1-6,11H2. The zero-order valence-corrected chi connectivity index (χ0v) is 7.55. The monoisotopic (exact) mass is 194 g/mol. The van der Waals surface area contributed by atoms with Crippen molar-refractivity contribution in [2.24, 2.45) is 5.73 Å². The quantitative estimate of drug-likeness (QED) is 0.666. The second-order valence-corrected chi connectivity index (χ2v) is 3.64. The van der Waals surface area contributed by atoms with Gasteiger partial charge >= 0.3 is 0 Å². The summed E-state index contributed by atoms with van der Waals surface area (Å²) in [6.45, 7) is 0.637. The highest BCUT2D eigenvalue weighted by atomic mass is 19.3. The van der Waals surface area contributed by atoms with Gasteiger partial charge < -0.3 is 10.8 Å². The van der Waals surface area contributed by atoms with E-state index in [0.717, 1.165) is 0 Å². The maximum Gasteiger partial charge on any atom is 0.260 e. The molecule has 0 amide bonds. The van der Waals surface area contributed by atoms with Crippen molar-refractivity contribution >= 4 is 0 Å². The van der Waals surface area contributed by atoms with Crippen molar-refractivity contribution in [2.45, 2.75) is 24.8 Å². The van der Waals surface area contributed by atoms with Gasteiger partial charge in [-0.25, -0.2) is 8.78 Å². The van der Waals surface area contributed by atoms with Gasteiger partial charge in [0.2, 0.25) is 0 Å². The largest absolute Gasteiger partial charge is 0.395 e. The van der Waals surface area contributed by atoms with E-state index in [1.807, 2.05) is 0 Å². The Morgan fingerprint density at radius 2 is 2.23 bits per heavy atom. The molecule has 1 rings (SSSR count). The Morgan fingerprint density at radius 1 is 1.54 bits per heavy atom. The predicted molar refractivity (Wildman–Crippen MR) is 45.7 cm³/mol. The number of hydrogen-bond donors (Lipinski definition) is 2. The van der Waals surface area contributed by atoms with Gasteiger partial charge in [-0.3, -0.25) is 4.90 Å². The van der Waals surface area contributed by atoms with Crippen molar-refractivity contribution in [3.8, 4) is 0 Å². The van der Waals surface area contributed by atoms with Gasteiger partial charge in [0.15, 0.2) is 0 Å². The van der Waals surface area contributed by atoms with Gasteiger partial charge in [-0.2, -0.15) is 0 Å². The fraction of sp³-hybridized carbons (Fsp3) is 1.00. The minimum Gasteiger partial charge on any atom is -0.395 e. The van der Waals surface area contributed by atoms with Crippen molar-refractivity contribution in [2.75, 3.05) is 26.2 Å². The summed E-state index contributed by atoms with van der Waals surface area (Å²) in [4.78, 5) is 1.62. The van der Waals surface area contributed by atoms with E-state index in [1.54, 1.807) is 4.90 Å². The van der Waals surface area contributed by atoms with Crippen molar-refractivity contribution in [1.29, 1.82) is 0 Å². The summed E-state index contributed by atoms with van der Waals surface area (Å²) in [5, 5.41) is 8.66. The summed E-state index contributed by atoms with van der Waals surface area (Å²) in [6.07, 6.45) is 0.475. The van der Waals surface area contributed by atoms with Crippen molar-refractivity contribution in [3.63, 3.8) is 0 Å². The highest BCUT2D eigenvalue weighted by molar-refractivity contribution is 4.80. The lowest BCUT2D eigenvalue weighted by Gasteiger charge is -2.33. The summed E-state index contributed by atoms with van der Waals surface area (Å²) >= 11 is 0. The van der Waals surface area contributed by atoms with Gasteiger partial charge in [0.05, 0.1) is 13.2 Å². The van der Waals surface area contributed by atoms with Gasteiger partial charge in [-0.15, -0.1) is 0 Å². The molecule has 0 aromatic rings. The van der Waals surface area contributed by atoms with Crippen LogP contribution in [0.1, 0.15) is 12.8 Å². The average Bonchev–Trinajstić information content (AvgIpc) is 2.02. The minimum atomic E-state index is -2.58. The lowest BCUT2D eigenvalue weighted by molar-refractivity contribution is -0.0657. The molecule has 3 N–H and O–H groups in total. The zero-order valence-electron chi connectivity index (χ0n) is 7.55. The number of hydrogen-bond acceptors (Lipinski definition) is 3. The fourth-order valence-corrected chi connectivity index (χ4v) is 1.59. The summed E-state index contributed by atoms with van der Waals surface area (Å²) in [5.41, 5.74) is 5.46. The predicted octanol–water partition coefficient (Wildman–Crippen LogP) is 0.0371. The third-order valence-corrected chi connectivity index (χ3v) is 2.20. The number of nitrogens with zero attached hydrogens (tertiary/aromatic N) is 1. The number of alkyl halides is 2. The second kappa shape index (κ2) is 4.30. The number of nitrogens with two attached hydrogens (primary N) is 1. The first-order chi connectivity index (χ1) is 6.03. The first-order valence-corrected chi connectivity index (χ1v) is 4.50. The third-order valence-electron chi connectivity index (χ3n) is 2.20. The number of likely N-dealkylation sites (tertiary alicyclic amines) is 1. The third kappa shape index (κ3) is 3.54. The molecule has 5 heteroatoms. The normalized spacial score (nSPS) is 25.8. The molecule has 0 radical (unpaired) electrons. The number of halogens is 2. The molecule has 0 aliphatic carbocycles. The van der Waals surface area contributed by atoms with Crippen molar-refractivity contribution in [1.82, 2.24) is 4.90 Å². The highest BCUT2D eigenvalue weighted by Gasteiger charge is 2.35. The molecule has 0 saturated carbocycles. The second-order valence-electron chi connectivity index (χ2n) is 3.64. The van der Waals surface area contributed by atoms with Gasteiger partial charge in [0.1, 0.15) is 0 Å². The maximum absolute atomic E-state index is 12.9. The SMILES string of the molecule is NC(CO)CN1CCCC(F)(F)C1. The van der Waals surface area contributed by atoms with Gasteiger partial charge in [0, 0.05) is 19.0 Å². The Hall–Kier alpha value is -0.260. The molecular weight excluding hydrogens is 178 g/mol. The molecule has 1 saturated heterocycles. The van der Waals surface area contributed by atoms with Crippen LogP contribution in [0.4, 0.5) is 8.78 Å². The number of aliphatic hydroxyl groups is 1. The molecule has 1 heterocycles. The molecule has 78 valence electrons. The molecule has 0 aromatic heterocycles. The summed E-state index contributed by atoms with van der Waals surface area (Å²) in [5.74, 6) is -2.58. The molecule has 13 heavy (non-hydrogen) atoms. The van der Waals surface area contributed by atoms with E-state index in [0.29, 0.717) is 19.5 Å². The molecule has 1 aliphatic rings. The Kier molecular flexibility index (Phi) is 3.58. The van der Waals surface area contributed by atoms with Crippen molar-refractivity contribution < 1.29 is 13.9 Å². The van der Waals surface area contributed by atoms with Crippen LogP contribution in [0.3, 0.4) is 0 Å².